The van der Waals surface area contributed by atoms with Crippen molar-refractivity contribution < 1.29 is 4.79 Å². The zero-order valence-corrected chi connectivity index (χ0v) is 12.7. The van der Waals surface area contributed by atoms with Gasteiger partial charge in [-0.1, -0.05) is 42.5 Å². The number of Topliss-reactive ketones (excluding diaryl/α,β-unsaturated/α-hetero) is 1. The zero-order valence-electron chi connectivity index (χ0n) is 12.7. The van der Waals surface area contributed by atoms with E-state index >= 15 is 0 Å². The summed E-state index contributed by atoms with van der Waals surface area (Å²) in [6, 6.07) is 19.3. The zero-order chi connectivity index (χ0) is 14.9. The Balaban J connectivity index is 1.69. The van der Waals surface area contributed by atoms with Crippen molar-refractivity contribution >= 4 is 11.5 Å². The van der Waals surface area contributed by atoms with E-state index in [-0.39, 0.29) is 6.04 Å². The highest BCUT2D eigenvalue weighted by Gasteiger charge is 2.35. The van der Waals surface area contributed by atoms with Crippen LogP contribution in [-0.2, 0) is 11.2 Å². The topological polar surface area (TPSA) is 20.3 Å². The molecule has 1 unspecified atom stereocenters. The van der Waals surface area contributed by atoms with Crippen molar-refractivity contribution in [2.45, 2.75) is 31.7 Å². The van der Waals surface area contributed by atoms with E-state index in [1.54, 1.807) is 0 Å². The van der Waals surface area contributed by atoms with Gasteiger partial charge in [0, 0.05) is 24.6 Å². The molecule has 1 fully saturated rings. The molecule has 0 aromatic heterocycles. The summed E-state index contributed by atoms with van der Waals surface area (Å²) in [6.07, 6.45) is 3.90. The maximum Gasteiger partial charge on any atom is 0.138 e. The van der Waals surface area contributed by atoms with Gasteiger partial charge in [0.1, 0.15) is 5.78 Å². The minimum atomic E-state index is 0.195. The SMILES string of the molecule is O=C(CC1c2ccccc2CCN1c1ccccc1)C1CC1. The van der Waals surface area contributed by atoms with Gasteiger partial charge in [0.05, 0.1) is 6.04 Å². The summed E-state index contributed by atoms with van der Waals surface area (Å²) in [6.45, 7) is 0.990. The Labute approximate surface area is 131 Å². The monoisotopic (exact) mass is 291 g/mol. The van der Waals surface area contributed by atoms with Gasteiger partial charge < -0.3 is 4.90 Å². The lowest BCUT2D eigenvalue weighted by atomic mass is 9.88. The summed E-state index contributed by atoms with van der Waals surface area (Å²) in [4.78, 5) is 14.9. The van der Waals surface area contributed by atoms with Gasteiger partial charge in [-0.25, -0.2) is 0 Å². The number of nitrogens with zero attached hydrogens (tertiary/aromatic N) is 1. The Bertz CT molecular complexity index is 675. The van der Waals surface area contributed by atoms with E-state index in [1.807, 2.05) is 6.07 Å². The number of fused-ring (bicyclic) bond motifs is 1. The van der Waals surface area contributed by atoms with Crippen molar-refractivity contribution in [2.24, 2.45) is 5.92 Å². The molecule has 1 saturated carbocycles. The lowest BCUT2D eigenvalue weighted by molar-refractivity contribution is -0.120. The predicted octanol–water partition coefficient (Wildman–Crippen LogP) is 4.16. The van der Waals surface area contributed by atoms with Gasteiger partial charge in [0.25, 0.3) is 0 Å². The highest BCUT2D eigenvalue weighted by atomic mass is 16.1. The summed E-state index contributed by atoms with van der Waals surface area (Å²) in [7, 11) is 0. The smallest absolute Gasteiger partial charge is 0.138 e. The molecule has 1 aliphatic carbocycles. The number of benzene rings is 2. The van der Waals surface area contributed by atoms with Gasteiger partial charge in [-0.15, -0.1) is 0 Å². The van der Waals surface area contributed by atoms with Crippen LogP contribution in [0.5, 0.6) is 0 Å². The third-order valence-corrected chi connectivity index (χ3v) is 4.93. The van der Waals surface area contributed by atoms with Crippen LogP contribution in [-0.4, -0.2) is 12.3 Å². The molecule has 0 spiro atoms. The quantitative estimate of drug-likeness (QED) is 0.843. The molecule has 2 aromatic rings. The largest absolute Gasteiger partial charge is 0.364 e. The van der Waals surface area contributed by atoms with E-state index in [0.717, 1.165) is 25.8 Å². The van der Waals surface area contributed by atoms with Crippen LogP contribution in [0, 0.1) is 5.92 Å². The van der Waals surface area contributed by atoms with Gasteiger partial charge in [0.15, 0.2) is 0 Å². The third kappa shape index (κ3) is 2.54. The molecule has 0 N–H and O–H groups in total. The molecule has 0 bridgehead atoms. The lowest BCUT2D eigenvalue weighted by Crippen LogP contribution is -2.36. The first-order valence-corrected chi connectivity index (χ1v) is 8.25. The summed E-state index contributed by atoms with van der Waals surface area (Å²) < 4.78 is 0. The van der Waals surface area contributed by atoms with Crippen LogP contribution >= 0.6 is 0 Å². The number of anilines is 1. The average Bonchev–Trinajstić information content (AvgIpc) is 3.41. The van der Waals surface area contributed by atoms with Gasteiger partial charge in [-0.2, -0.15) is 0 Å². The molecule has 0 saturated heterocycles. The maximum atomic E-state index is 12.4. The summed E-state index contributed by atoms with van der Waals surface area (Å²) in [5.74, 6) is 0.786. The third-order valence-electron chi connectivity index (χ3n) is 4.93. The Hall–Kier alpha value is -2.09. The van der Waals surface area contributed by atoms with Gasteiger partial charge in [-0.3, -0.25) is 4.79 Å². The lowest BCUT2D eigenvalue weighted by Gasteiger charge is -2.39. The van der Waals surface area contributed by atoms with E-state index in [1.165, 1.54) is 16.8 Å². The minimum Gasteiger partial charge on any atom is -0.364 e. The summed E-state index contributed by atoms with van der Waals surface area (Å²) in [5.41, 5.74) is 3.97. The Morgan fingerprint density at radius 3 is 2.50 bits per heavy atom. The molecule has 2 nitrogen and oxygen atoms in total. The predicted molar refractivity (Wildman–Crippen MR) is 89.0 cm³/mol. The van der Waals surface area contributed by atoms with E-state index in [4.69, 9.17) is 0 Å². The van der Waals surface area contributed by atoms with E-state index in [0.29, 0.717) is 18.1 Å². The Kier molecular flexibility index (Phi) is 3.45. The molecule has 2 aromatic carbocycles. The molecule has 1 atom stereocenters. The molecule has 2 heteroatoms. The Morgan fingerprint density at radius 2 is 1.73 bits per heavy atom. The second-order valence-corrected chi connectivity index (χ2v) is 6.44. The van der Waals surface area contributed by atoms with Crippen LogP contribution < -0.4 is 4.90 Å². The minimum absolute atomic E-state index is 0.195. The van der Waals surface area contributed by atoms with Crippen molar-refractivity contribution in [3.8, 4) is 0 Å². The van der Waals surface area contributed by atoms with Crippen molar-refractivity contribution in [3.05, 3.63) is 65.7 Å². The molecule has 112 valence electrons. The van der Waals surface area contributed by atoms with Gasteiger partial charge in [0.2, 0.25) is 0 Å². The van der Waals surface area contributed by atoms with E-state index < -0.39 is 0 Å². The summed E-state index contributed by atoms with van der Waals surface area (Å²) in [5, 5.41) is 0. The van der Waals surface area contributed by atoms with Crippen LogP contribution in [0.4, 0.5) is 5.69 Å². The Morgan fingerprint density at radius 1 is 1.00 bits per heavy atom. The van der Waals surface area contributed by atoms with Crippen molar-refractivity contribution in [1.82, 2.24) is 0 Å². The summed E-state index contributed by atoms with van der Waals surface area (Å²) >= 11 is 0. The van der Waals surface area contributed by atoms with Crippen molar-refractivity contribution in [3.63, 3.8) is 0 Å². The van der Waals surface area contributed by atoms with Crippen LogP contribution in [0.2, 0.25) is 0 Å². The number of carbonyl (C=O) groups is 1. The number of carbonyl (C=O) groups excluding carboxylic acids is 1. The second-order valence-electron chi connectivity index (χ2n) is 6.44. The van der Waals surface area contributed by atoms with E-state index in [2.05, 4.69) is 53.4 Å². The maximum absolute atomic E-state index is 12.4. The molecule has 2 aliphatic rings. The number of rotatable bonds is 4. The van der Waals surface area contributed by atoms with Crippen LogP contribution in [0.3, 0.4) is 0 Å². The van der Waals surface area contributed by atoms with Crippen LogP contribution in [0.15, 0.2) is 54.6 Å². The molecule has 1 heterocycles. The molecular weight excluding hydrogens is 270 g/mol. The average molecular weight is 291 g/mol. The first kappa shape index (κ1) is 13.6. The van der Waals surface area contributed by atoms with Gasteiger partial charge in [-0.05, 0) is 42.5 Å². The molecule has 22 heavy (non-hydrogen) atoms. The molecule has 4 rings (SSSR count). The van der Waals surface area contributed by atoms with Gasteiger partial charge >= 0.3 is 0 Å². The number of hydrogen-bond donors (Lipinski definition) is 0. The number of hydrogen-bond acceptors (Lipinski definition) is 2. The first-order chi connectivity index (χ1) is 10.8. The fourth-order valence-electron chi connectivity index (χ4n) is 3.56. The second kappa shape index (κ2) is 5.60. The van der Waals surface area contributed by atoms with E-state index in [9.17, 15) is 4.79 Å². The van der Waals surface area contributed by atoms with Crippen LogP contribution in [0.25, 0.3) is 0 Å². The fraction of sp³-hybridized carbons (Fsp3) is 0.350. The molecule has 1 aliphatic heterocycles. The molecule has 0 radical (unpaired) electrons. The highest BCUT2D eigenvalue weighted by molar-refractivity contribution is 5.84. The fourth-order valence-corrected chi connectivity index (χ4v) is 3.56. The van der Waals surface area contributed by atoms with Crippen molar-refractivity contribution in [2.75, 3.05) is 11.4 Å². The number of para-hydroxylation sites is 1. The standard InChI is InChI=1S/C20H21NO/c22-20(16-10-11-16)14-19-18-9-5-4-6-15(18)12-13-21(19)17-7-2-1-3-8-17/h1-9,16,19H,10-14H2. The van der Waals surface area contributed by atoms with Crippen molar-refractivity contribution in [1.29, 1.82) is 0 Å². The van der Waals surface area contributed by atoms with Crippen LogP contribution in [0.1, 0.15) is 36.4 Å². The number of ketones is 1. The molecular formula is C20H21NO. The first-order valence-electron chi connectivity index (χ1n) is 8.25. The molecule has 0 amide bonds. The normalized spacial score (nSPS) is 20.5. The highest BCUT2D eigenvalue weighted by Crippen LogP contribution is 2.39.